The molecule has 0 unspecified atom stereocenters. The lowest BCUT2D eigenvalue weighted by atomic mass is 9.81. The molecule has 4 rings (SSSR count). The Morgan fingerprint density at radius 3 is 3.17 bits per heavy atom. The number of hydrogen-bond donors (Lipinski definition) is 0. The van der Waals surface area contributed by atoms with Crippen molar-refractivity contribution in [1.29, 1.82) is 0 Å². The molecule has 0 bridgehead atoms. The molecular weight excluding hydrogens is 292 g/mol. The Balaban J connectivity index is 1.47. The van der Waals surface area contributed by atoms with E-state index in [2.05, 4.69) is 4.98 Å². The highest BCUT2D eigenvalue weighted by Gasteiger charge is 2.51. The minimum atomic E-state index is -0.00912. The van der Waals surface area contributed by atoms with Crippen molar-refractivity contribution in [2.24, 2.45) is 11.3 Å². The third-order valence-electron chi connectivity index (χ3n) is 5.22. The molecule has 2 aromatic rings. The Labute approximate surface area is 135 Å². The van der Waals surface area contributed by atoms with Crippen LogP contribution in [-0.4, -0.2) is 35.5 Å². The highest BCUT2D eigenvalue weighted by atomic mass is 16.5. The molecule has 1 aliphatic carbocycles. The van der Waals surface area contributed by atoms with Gasteiger partial charge in [0.05, 0.1) is 19.1 Å². The predicted octanol–water partition coefficient (Wildman–Crippen LogP) is 3.00. The Morgan fingerprint density at radius 1 is 1.43 bits per heavy atom. The van der Waals surface area contributed by atoms with Crippen molar-refractivity contribution in [3.63, 3.8) is 0 Å². The second-order valence-corrected chi connectivity index (χ2v) is 6.59. The van der Waals surface area contributed by atoms with Gasteiger partial charge in [-0.2, -0.15) is 0 Å². The second-order valence-electron chi connectivity index (χ2n) is 6.59. The number of pyridine rings is 1. The monoisotopic (exact) mass is 312 g/mol. The number of hydrogen-bond acceptors (Lipinski definition) is 4. The van der Waals surface area contributed by atoms with Crippen molar-refractivity contribution in [2.45, 2.75) is 19.3 Å². The van der Waals surface area contributed by atoms with Crippen LogP contribution in [0.2, 0.25) is 0 Å². The molecule has 1 saturated carbocycles. The summed E-state index contributed by atoms with van der Waals surface area (Å²) in [6.45, 7) is 2.19. The van der Waals surface area contributed by atoms with Gasteiger partial charge in [-0.25, -0.2) is 0 Å². The highest BCUT2D eigenvalue weighted by molar-refractivity contribution is 5.91. The Bertz CT molecular complexity index is 671. The van der Waals surface area contributed by atoms with Crippen LogP contribution < -0.4 is 4.74 Å². The number of amides is 1. The van der Waals surface area contributed by atoms with Gasteiger partial charge in [-0.15, -0.1) is 0 Å². The summed E-state index contributed by atoms with van der Waals surface area (Å²) in [4.78, 5) is 18.6. The SMILES string of the molecule is O=C(c1ccco1)N1C[C@@H]2CCC[C@]2(COc2cccnc2)C1. The topological polar surface area (TPSA) is 55.6 Å². The largest absolute Gasteiger partial charge is 0.491 e. The molecule has 2 atom stereocenters. The van der Waals surface area contributed by atoms with Crippen LogP contribution in [0.15, 0.2) is 47.3 Å². The summed E-state index contributed by atoms with van der Waals surface area (Å²) in [6, 6.07) is 7.29. The van der Waals surface area contributed by atoms with Crippen LogP contribution in [0.25, 0.3) is 0 Å². The van der Waals surface area contributed by atoms with E-state index < -0.39 is 0 Å². The smallest absolute Gasteiger partial charge is 0.289 e. The Kier molecular flexibility index (Phi) is 3.56. The molecule has 5 heteroatoms. The van der Waals surface area contributed by atoms with Crippen molar-refractivity contribution in [3.8, 4) is 5.75 Å². The zero-order valence-corrected chi connectivity index (χ0v) is 13.0. The molecule has 0 radical (unpaired) electrons. The van der Waals surface area contributed by atoms with Crippen molar-refractivity contribution in [3.05, 3.63) is 48.7 Å². The van der Waals surface area contributed by atoms with Crippen LogP contribution in [0.3, 0.4) is 0 Å². The summed E-state index contributed by atoms with van der Waals surface area (Å²) < 4.78 is 11.3. The fraction of sp³-hybridized carbons (Fsp3) is 0.444. The van der Waals surface area contributed by atoms with Gasteiger partial charge in [-0.1, -0.05) is 6.42 Å². The van der Waals surface area contributed by atoms with E-state index in [1.807, 2.05) is 17.0 Å². The van der Waals surface area contributed by atoms with Crippen LogP contribution in [0, 0.1) is 11.3 Å². The quantitative estimate of drug-likeness (QED) is 0.871. The number of ether oxygens (including phenoxy) is 1. The van der Waals surface area contributed by atoms with Gasteiger partial charge in [0.1, 0.15) is 5.75 Å². The van der Waals surface area contributed by atoms with Gasteiger partial charge in [0.15, 0.2) is 5.76 Å². The third-order valence-corrected chi connectivity index (χ3v) is 5.22. The molecule has 2 aromatic heterocycles. The molecule has 0 aromatic carbocycles. The van der Waals surface area contributed by atoms with Crippen LogP contribution in [0.1, 0.15) is 29.8 Å². The van der Waals surface area contributed by atoms with Gasteiger partial charge in [-0.05, 0) is 43.0 Å². The maximum atomic E-state index is 12.5. The standard InChI is InChI=1S/C18H20N2O3/c21-17(16-6-3-9-22-16)20-11-14-4-1-7-18(14,12-20)13-23-15-5-2-8-19-10-15/h2-3,5-6,8-10,14H,1,4,7,11-13H2/t14-,18+/m0/s1. The van der Waals surface area contributed by atoms with Crippen LogP contribution >= 0.6 is 0 Å². The Morgan fingerprint density at radius 2 is 2.39 bits per heavy atom. The van der Waals surface area contributed by atoms with E-state index in [0.29, 0.717) is 18.3 Å². The van der Waals surface area contributed by atoms with E-state index in [9.17, 15) is 4.79 Å². The zero-order valence-electron chi connectivity index (χ0n) is 13.0. The maximum Gasteiger partial charge on any atom is 0.289 e. The second kappa shape index (κ2) is 5.72. The molecule has 5 nitrogen and oxygen atoms in total. The molecule has 1 saturated heterocycles. The lowest BCUT2D eigenvalue weighted by molar-refractivity contribution is 0.0716. The van der Waals surface area contributed by atoms with E-state index in [-0.39, 0.29) is 11.3 Å². The number of carbonyl (C=O) groups is 1. The average molecular weight is 312 g/mol. The molecule has 1 amide bonds. The van der Waals surface area contributed by atoms with Crippen molar-refractivity contribution in [1.82, 2.24) is 9.88 Å². The first-order valence-corrected chi connectivity index (χ1v) is 8.12. The van der Waals surface area contributed by atoms with Crippen LogP contribution in [0.4, 0.5) is 0 Å². The highest BCUT2D eigenvalue weighted by Crippen LogP contribution is 2.49. The normalized spacial score (nSPS) is 26.3. The minimum absolute atomic E-state index is 0.00912. The number of furan rings is 1. The Hall–Kier alpha value is -2.30. The van der Waals surface area contributed by atoms with Gasteiger partial charge in [0, 0.05) is 24.7 Å². The molecular formula is C18H20N2O3. The summed E-state index contributed by atoms with van der Waals surface area (Å²) in [5, 5.41) is 0. The van der Waals surface area contributed by atoms with E-state index in [4.69, 9.17) is 9.15 Å². The van der Waals surface area contributed by atoms with E-state index in [1.165, 1.54) is 12.8 Å². The van der Waals surface area contributed by atoms with Gasteiger partial charge in [0.25, 0.3) is 5.91 Å². The van der Waals surface area contributed by atoms with Gasteiger partial charge < -0.3 is 14.1 Å². The zero-order chi connectivity index (χ0) is 15.7. The van der Waals surface area contributed by atoms with Crippen molar-refractivity contribution < 1.29 is 13.9 Å². The minimum Gasteiger partial charge on any atom is -0.491 e. The fourth-order valence-corrected chi connectivity index (χ4v) is 4.02. The summed E-state index contributed by atoms with van der Waals surface area (Å²) >= 11 is 0. The molecule has 1 aliphatic heterocycles. The maximum absolute atomic E-state index is 12.5. The fourth-order valence-electron chi connectivity index (χ4n) is 4.02. The summed E-state index contributed by atoms with van der Waals surface area (Å²) in [7, 11) is 0. The first-order chi connectivity index (χ1) is 11.3. The molecule has 2 aliphatic rings. The van der Waals surface area contributed by atoms with E-state index >= 15 is 0 Å². The molecule has 23 heavy (non-hydrogen) atoms. The summed E-state index contributed by atoms with van der Waals surface area (Å²) in [5.41, 5.74) is 0.0676. The first kappa shape index (κ1) is 14.3. The van der Waals surface area contributed by atoms with Gasteiger partial charge >= 0.3 is 0 Å². The van der Waals surface area contributed by atoms with E-state index in [1.54, 1.807) is 30.8 Å². The lowest BCUT2D eigenvalue weighted by Crippen LogP contribution is -2.35. The average Bonchev–Trinajstić information content (AvgIpc) is 3.29. The van der Waals surface area contributed by atoms with Crippen LogP contribution in [-0.2, 0) is 0 Å². The molecule has 3 heterocycles. The first-order valence-electron chi connectivity index (χ1n) is 8.12. The molecule has 120 valence electrons. The van der Waals surface area contributed by atoms with Gasteiger partial charge in [0.2, 0.25) is 0 Å². The number of aromatic nitrogens is 1. The summed E-state index contributed by atoms with van der Waals surface area (Å²) in [6.07, 6.45) is 8.51. The summed E-state index contributed by atoms with van der Waals surface area (Å²) in [5.74, 6) is 1.72. The number of nitrogens with zero attached hydrogens (tertiary/aromatic N) is 2. The number of rotatable bonds is 4. The molecule has 2 fully saturated rings. The van der Waals surface area contributed by atoms with Crippen molar-refractivity contribution >= 4 is 5.91 Å². The number of fused-ring (bicyclic) bond motifs is 1. The van der Waals surface area contributed by atoms with Crippen LogP contribution in [0.5, 0.6) is 5.75 Å². The molecule has 0 spiro atoms. The number of likely N-dealkylation sites (tertiary alicyclic amines) is 1. The predicted molar refractivity (Wildman–Crippen MR) is 84.1 cm³/mol. The van der Waals surface area contributed by atoms with E-state index in [0.717, 1.165) is 25.3 Å². The third kappa shape index (κ3) is 2.60. The van der Waals surface area contributed by atoms with Crippen molar-refractivity contribution in [2.75, 3.05) is 19.7 Å². The lowest BCUT2D eigenvalue weighted by Gasteiger charge is -2.28. The molecule has 0 N–H and O–H groups in total. The number of carbonyl (C=O) groups excluding carboxylic acids is 1. The van der Waals surface area contributed by atoms with Gasteiger partial charge in [-0.3, -0.25) is 9.78 Å².